The second-order valence-electron chi connectivity index (χ2n) is 10.4. The monoisotopic (exact) mass is 598 g/mol. The Balaban J connectivity index is 1.58. The number of ether oxygens (including phenoxy) is 3. The Morgan fingerprint density at radius 2 is 1.86 bits per heavy atom. The van der Waals surface area contributed by atoms with Crippen LogP contribution in [0.2, 0.25) is 0 Å². The van der Waals surface area contributed by atoms with E-state index in [1.807, 2.05) is 55.5 Å². The molecule has 1 aliphatic rings. The van der Waals surface area contributed by atoms with Gasteiger partial charge in [-0.3, -0.25) is 14.5 Å². The lowest BCUT2D eigenvalue weighted by Gasteiger charge is -2.25. The van der Waals surface area contributed by atoms with Crippen molar-refractivity contribution in [1.29, 1.82) is 0 Å². The fraction of sp³-hybridized carbons (Fsp3) is 0.265. The number of hydrogen-bond donors (Lipinski definition) is 1. The van der Waals surface area contributed by atoms with Gasteiger partial charge in [-0.1, -0.05) is 67.7 Å². The molecule has 0 saturated heterocycles. The molecule has 43 heavy (non-hydrogen) atoms. The zero-order valence-corrected chi connectivity index (χ0v) is 25.4. The number of aliphatic hydroxyl groups is 1. The predicted molar refractivity (Wildman–Crippen MR) is 169 cm³/mol. The highest BCUT2D eigenvalue weighted by molar-refractivity contribution is 7.22. The van der Waals surface area contributed by atoms with E-state index in [9.17, 15) is 14.7 Å². The molecule has 0 aliphatic carbocycles. The zero-order chi connectivity index (χ0) is 30.5. The van der Waals surface area contributed by atoms with E-state index in [1.54, 1.807) is 24.3 Å². The molecule has 0 bridgehead atoms. The number of thiazole rings is 1. The van der Waals surface area contributed by atoms with E-state index in [4.69, 9.17) is 19.2 Å². The van der Waals surface area contributed by atoms with Crippen LogP contribution in [0.4, 0.5) is 5.13 Å². The number of carbonyl (C=O) groups is 2. The lowest BCUT2D eigenvalue weighted by Crippen LogP contribution is -2.30. The number of fused-ring (bicyclic) bond motifs is 1. The molecule has 0 radical (unpaired) electrons. The summed E-state index contributed by atoms with van der Waals surface area (Å²) in [6, 6.07) is 19.2. The van der Waals surface area contributed by atoms with Gasteiger partial charge >= 0.3 is 0 Å². The van der Waals surface area contributed by atoms with Crippen molar-refractivity contribution in [1.82, 2.24) is 4.98 Å². The molecule has 2 heterocycles. The molecular formula is C34H34N2O6S. The van der Waals surface area contributed by atoms with Crippen LogP contribution in [0.25, 0.3) is 16.3 Å². The first kappa shape index (κ1) is 29.8. The molecular weight excluding hydrogens is 564 g/mol. The standard InChI is InChI=1S/C34H34N2O6S/c1-5-41-24-13-14-25-29(20-24)43-34(35-25)36-31(23-12-16-27(28(19-23)40-4)42-18-17-21(2)3)30(32(38)33(36)39)26(37)15-11-22-9-7-6-8-10-22/h6-16,19-21,31,38H,5,17-18H2,1-4H3. The van der Waals surface area contributed by atoms with Crippen LogP contribution >= 0.6 is 11.3 Å². The van der Waals surface area contributed by atoms with Crippen molar-refractivity contribution >= 4 is 44.5 Å². The number of ketones is 1. The summed E-state index contributed by atoms with van der Waals surface area (Å²) in [5, 5.41) is 11.5. The van der Waals surface area contributed by atoms with Crippen LogP contribution in [-0.4, -0.2) is 42.1 Å². The molecule has 1 aromatic heterocycles. The second kappa shape index (κ2) is 13.1. The van der Waals surface area contributed by atoms with Gasteiger partial charge in [0.05, 0.1) is 42.2 Å². The average molecular weight is 599 g/mol. The SMILES string of the molecule is CCOc1ccc2nc(N3C(=O)C(O)=C(C(=O)C=Cc4ccccc4)C3c3ccc(OCCC(C)C)c(OC)c3)sc2c1. The van der Waals surface area contributed by atoms with Crippen molar-refractivity contribution in [3.8, 4) is 17.2 Å². The van der Waals surface area contributed by atoms with Crippen molar-refractivity contribution in [2.24, 2.45) is 5.92 Å². The van der Waals surface area contributed by atoms with Gasteiger partial charge < -0.3 is 19.3 Å². The first-order valence-corrected chi connectivity index (χ1v) is 15.0. The van der Waals surface area contributed by atoms with Gasteiger partial charge in [-0.2, -0.15) is 0 Å². The maximum Gasteiger partial charge on any atom is 0.296 e. The minimum Gasteiger partial charge on any atom is -0.503 e. The van der Waals surface area contributed by atoms with Crippen molar-refractivity contribution in [2.75, 3.05) is 25.2 Å². The van der Waals surface area contributed by atoms with Gasteiger partial charge in [-0.05, 0) is 66.8 Å². The zero-order valence-electron chi connectivity index (χ0n) is 24.6. The fourth-order valence-corrected chi connectivity index (χ4v) is 5.85. The molecule has 1 unspecified atom stereocenters. The molecule has 1 atom stereocenters. The summed E-state index contributed by atoms with van der Waals surface area (Å²) >= 11 is 1.28. The van der Waals surface area contributed by atoms with Gasteiger partial charge in [0.1, 0.15) is 5.75 Å². The lowest BCUT2D eigenvalue weighted by atomic mass is 9.95. The van der Waals surface area contributed by atoms with E-state index in [2.05, 4.69) is 13.8 Å². The van der Waals surface area contributed by atoms with E-state index >= 15 is 0 Å². The third kappa shape index (κ3) is 6.41. The number of methoxy groups -OCH3 is 1. The smallest absolute Gasteiger partial charge is 0.296 e. The Morgan fingerprint density at radius 3 is 2.58 bits per heavy atom. The van der Waals surface area contributed by atoms with E-state index in [0.29, 0.717) is 52.6 Å². The molecule has 3 aromatic carbocycles. The molecule has 0 saturated carbocycles. The molecule has 9 heteroatoms. The summed E-state index contributed by atoms with van der Waals surface area (Å²) in [4.78, 5) is 33.4. The molecule has 1 aliphatic heterocycles. The van der Waals surface area contributed by atoms with E-state index in [0.717, 1.165) is 16.7 Å². The Hall–Kier alpha value is -4.63. The summed E-state index contributed by atoms with van der Waals surface area (Å²) in [6.45, 7) is 7.19. The molecule has 0 spiro atoms. The largest absolute Gasteiger partial charge is 0.503 e. The number of anilines is 1. The number of benzene rings is 3. The highest BCUT2D eigenvalue weighted by Gasteiger charge is 2.45. The van der Waals surface area contributed by atoms with Crippen LogP contribution in [0, 0.1) is 5.92 Å². The van der Waals surface area contributed by atoms with Crippen LogP contribution in [0.1, 0.15) is 44.4 Å². The van der Waals surface area contributed by atoms with Gasteiger partial charge in [0.15, 0.2) is 28.2 Å². The van der Waals surface area contributed by atoms with Crippen molar-refractivity contribution in [2.45, 2.75) is 33.2 Å². The average Bonchev–Trinajstić information content (AvgIpc) is 3.54. The summed E-state index contributed by atoms with van der Waals surface area (Å²) in [7, 11) is 1.54. The minimum absolute atomic E-state index is 0.0398. The van der Waals surface area contributed by atoms with Crippen molar-refractivity contribution in [3.05, 3.63) is 95.3 Å². The topological polar surface area (TPSA) is 98.2 Å². The van der Waals surface area contributed by atoms with E-state index in [-0.39, 0.29) is 5.57 Å². The number of aliphatic hydroxyl groups excluding tert-OH is 1. The predicted octanol–water partition coefficient (Wildman–Crippen LogP) is 7.31. The van der Waals surface area contributed by atoms with Crippen molar-refractivity contribution < 1.29 is 28.9 Å². The quantitative estimate of drug-likeness (QED) is 0.171. The van der Waals surface area contributed by atoms with Crippen LogP contribution in [0.5, 0.6) is 17.2 Å². The highest BCUT2D eigenvalue weighted by atomic mass is 32.1. The van der Waals surface area contributed by atoms with Gasteiger partial charge in [-0.15, -0.1) is 0 Å². The Kier molecular flexibility index (Phi) is 9.11. The van der Waals surface area contributed by atoms with Crippen LogP contribution in [0.3, 0.4) is 0 Å². The maximum atomic E-state index is 13.7. The summed E-state index contributed by atoms with van der Waals surface area (Å²) in [6.07, 6.45) is 3.91. The summed E-state index contributed by atoms with van der Waals surface area (Å²) in [5.41, 5.74) is 2.01. The van der Waals surface area contributed by atoms with Gasteiger partial charge in [0, 0.05) is 0 Å². The fourth-order valence-electron chi connectivity index (χ4n) is 4.83. The number of rotatable bonds is 12. The lowest BCUT2D eigenvalue weighted by molar-refractivity contribution is -0.117. The molecule has 4 aromatic rings. The number of allylic oxidation sites excluding steroid dienone is 1. The maximum absolute atomic E-state index is 13.7. The number of nitrogens with zero attached hydrogens (tertiary/aromatic N) is 2. The van der Waals surface area contributed by atoms with Crippen LogP contribution in [-0.2, 0) is 9.59 Å². The van der Waals surface area contributed by atoms with Gasteiger partial charge in [0.2, 0.25) is 0 Å². The first-order chi connectivity index (χ1) is 20.8. The molecule has 5 rings (SSSR count). The molecule has 1 N–H and O–H groups in total. The van der Waals surface area contributed by atoms with Gasteiger partial charge in [0.25, 0.3) is 5.91 Å². The number of amides is 1. The molecule has 1 amide bonds. The number of hydrogen-bond acceptors (Lipinski definition) is 8. The third-order valence-corrected chi connectivity index (χ3v) is 8.04. The molecule has 0 fully saturated rings. The Labute approximate surface area is 254 Å². The minimum atomic E-state index is -0.953. The van der Waals surface area contributed by atoms with Crippen LogP contribution < -0.4 is 19.1 Å². The second-order valence-corrected chi connectivity index (χ2v) is 11.5. The summed E-state index contributed by atoms with van der Waals surface area (Å²) in [5.74, 6) is 0.370. The van der Waals surface area contributed by atoms with E-state index in [1.165, 1.54) is 29.4 Å². The van der Waals surface area contributed by atoms with Crippen LogP contribution in [0.15, 0.2) is 84.1 Å². The molecule has 222 valence electrons. The highest BCUT2D eigenvalue weighted by Crippen LogP contribution is 2.45. The number of carbonyl (C=O) groups excluding carboxylic acids is 2. The number of aromatic nitrogens is 1. The normalized spacial score (nSPS) is 15.2. The first-order valence-electron chi connectivity index (χ1n) is 14.2. The third-order valence-electron chi connectivity index (χ3n) is 7.02. The van der Waals surface area contributed by atoms with Gasteiger partial charge in [-0.25, -0.2) is 4.98 Å². The molecule has 8 nitrogen and oxygen atoms in total. The van der Waals surface area contributed by atoms with E-state index < -0.39 is 23.5 Å². The Bertz CT molecular complexity index is 1690. The summed E-state index contributed by atoms with van der Waals surface area (Å²) < 4.78 is 18.1. The Morgan fingerprint density at radius 1 is 1.07 bits per heavy atom. The van der Waals surface area contributed by atoms with Crippen molar-refractivity contribution in [3.63, 3.8) is 0 Å².